The standard InChI is InChI=1S/C46H29N3O2/c1-3-11-29(12-4-1)30-21-23-32(24-22-30)46-48-42(47-45(49-46)31-13-5-2-6-14-31)28-34-15-9-20-41-43(34)38-27-33(25-26-40(38)50-41)35-17-10-18-37-36-16-7-8-19-39(36)51-44(35)37/h1-27H,28H2. The molecule has 0 aliphatic rings. The SMILES string of the molecule is c1ccc(-c2ccc(-c3nc(Cc4cccc5oc6ccc(-c7cccc8c7oc7ccccc78)cc6c45)nc(-c4ccccc4)n3)cc2)cc1. The second-order valence-electron chi connectivity index (χ2n) is 12.8. The van der Waals surface area contributed by atoms with E-state index in [1.165, 1.54) is 5.56 Å². The third kappa shape index (κ3) is 5.15. The lowest BCUT2D eigenvalue weighted by atomic mass is 9.98. The Morgan fingerprint density at radius 2 is 0.980 bits per heavy atom. The molecule has 3 aromatic heterocycles. The Hall–Kier alpha value is -6.85. The first-order valence-electron chi connectivity index (χ1n) is 17.1. The van der Waals surface area contributed by atoms with Gasteiger partial charge in [0.15, 0.2) is 11.6 Å². The molecule has 240 valence electrons. The minimum absolute atomic E-state index is 0.507. The van der Waals surface area contributed by atoms with Crippen molar-refractivity contribution in [2.75, 3.05) is 0 Å². The van der Waals surface area contributed by atoms with Gasteiger partial charge in [0.1, 0.15) is 28.2 Å². The summed E-state index contributed by atoms with van der Waals surface area (Å²) in [5, 5.41) is 4.32. The van der Waals surface area contributed by atoms with Crippen molar-refractivity contribution in [2.45, 2.75) is 6.42 Å². The van der Waals surface area contributed by atoms with E-state index in [2.05, 4.69) is 103 Å². The van der Waals surface area contributed by atoms with Gasteiger partial charge in [-0.25, -0.2) is 15.0 Å². The molecule has 5 heteroatoms. The molecule has 0 aliphatic carbocycles. The number of hydrogen-bond acceptors (Lipinski definition) is 5. The minimum Gasteiger partial charge on any atom is -0.456 e. The Balaban J connectivity index is 1.09. The summed E-state index contributed by atoms with van der Waals surface area (Å²) in [6.45, 7) is 0. The fraction of sp³-hybridized carbons (Fsp3) is 0.0217. The van der Waals surface area contributed by atoms with Crippen LogP contribution in [-0.4, -0.2) is 15.0 Å². The number of benzene rings is 7. The van der Waals surface area contributed by atoms with Crippen LogP contribution in [-0.2, 0) is 6.42 Å². The van der Waals surface area contributed by atoms with E-state index in [0.29, 0.717) is 23.9 Å². The van der Waals surface area contributed by atoms with Gasteiger partial charge in [-0.05, 0) is 46.5 Å². The first kappa shape index (κ1) is 29.1. The number of para-hydroxylation sites is 2. The Bertz CT molecular complexity index is 2870. The maximum atomic E-state index is 6.41. The molecule has 0 aliphatic heterocycles. The van der Waals surface area contributed by atoms with Crippen LogP contribution in [0.5, 0.6) is 0 Å². The maximum Gasteiger partial charge on any atom is 0.163 e. The molecule has 0 spiro atoms. The molecule has 0 N–H and O–H groups in total. The number of fused-ring (bicyclic) bond motifs is 6. The molecule has 0 saturated heterocycles. The molecule has 5 nitrogen and oxygen atoms in total. The third-order valence-electron chi connectivity index (χ3n) is 9.61. The molecule has 10 rings (SSSR count). The topological polar surface area (TPSA) is 65.0 Å². The lowest BCUT2D eigenvalue weighted by Crippen LogP contribution is -2.04. The minimum atomic E-state index is 0.507. The summed E-state index contributed by atoms with van der Waals surface area (Å²) < 4.78 is 12.8. The van der Waals surface area contributed by atoms with Crippen LogP contribution in [0.25, 0.3) is 88.9 Å². The molecular formula is C46H29N3O2. The number of hydrogen-bond donors (Lipinski definition) is 0. The fourth-order valence-corrected chi connectivity index (χ4v) is 7.15. The first-order valence-corrected chi connectivity index (χ1v) is 17.1. The lowest BCUT2D eigenvalue weighted by molar-refractivity contribution is 0.668. The molecule has 0 fully saturated rings. The monoisotopic (exact) mass is 655 g/mol. The Morgan fingerprint density at radius 1 is 0.392 bits per heavy atom. The van der Waals surface area contributed by atoms with Crippen LogP contribution in [0.4, 0.5) is 0 Å². The molecule has 0 atom stereocenters. The zero-order valence-electron chi connectivity index (χ0n) is 27.5. The van der Waals surface area contributed by atoms with Crippen molar-refractivity contribution in [2.24, 2.45) is 0 Å². The highest BCUT2D eigenvalue weighted by Crippen LogP contribution is 2.39. The van der Waals surface area contributed by atoms with Crippen molar-refractivity contribution in [1.82, 2.24) is 15.0 Å². The number of aromatic nitrogens is 3. The second kappa shape index (κ2) is 11.9. The normalized spacial score (nSPS) is 11.6. The van der Waals surface area contributed by atoms with Gasteiger partial charge in [-0.2, -0.15) is 0 Å². The Labute approximate surface area is 293 Å². The van der Waals surface area contributed by atoms with Crippen LogP contribution < -0.4 is 0 Å². The van der Waals surface area contributed by atoms with E-state index >= 15 is 0 Å². The van der Waals surface area contributed by atoms with Gasteiger partial charge in [0.2, 0.25) is 0 Å². The predicted octanol–water partition coefficient (Wildman–Crippen LogP) is 11.9. The predicted molar refractivity (Wildman–Crippen MR) is 205 cm³/mol. The summed E-state index contributed by atoms with van der Waals surface area (Å²) in [7, 11) is 0. The summed E-state index contributed by atoms with van der Waals surface area (Å²) >= 11 is 0. The van der Waals surface area contributed by atoms with E-state index in [-0.39, 0.29) is 0 Å². The van der Waals surface area contributed by atoms with Crippen LogP contribution in [0.2, 0.25) is 0 Å². The lowest BCUT2D eigenvalue weighted by Gasteiger charge is -2.10. The van der Waals surface area contributed by atoms with Crippen LogP contribution in [0, 0.1) is 0 Å². The molecule has 7 aromatic carbocycles. The van der Waals surface area contributed by atoms with Gasteiger partial charge < -0.3 is 8.83 Å². The molecule has 0 unspecified atom stereocenters. The van der Waals surface area contributed by atoms with Crippen molar-refractivity contribution in [3.63, 3.8) is 0 Å². The second-order valence-corrected chi connectivity index (χ2v) is 12.8. The van der Waals surface area contributed by atoms with Crippen LogP contribution in [0.15, 0.2) is 173 Å². The smallest absolute Gasteiger partial charge is 0.163 e. The van der Waals surface area contributed by atoms with Crippen LogP contribution in [0.3, 0.4) is 0 Å². The van der Waals surface area contributed by atoms with E-state index in [1.807, 2.05) is 60.7 Å². The summed E-state index contributed by atoms with van der Waals surface area (Å²) in [5.74, 6) is 1.98. The van der Waals surface area contributed by atoms with Crippen molar-refractivity contribution in [1.29, 1.82) is 0 Å². The first-order chi connectivity index (χ1) is 25.2. The highest BCUT2D eigenvalue weighted by atomic mass is 16.3. The number of nitrogens with zero attached hydrogens (tertiary/aromatic N) is 3. The average molecular weight is 656 g/mol. The van der Waals surface area contributed by atoms with Crippen molar-refractivity contribution >= 4 is 43.9 Å². The molecule has 3 heterocycles. The van der Waals surface area contributed by atoms with Gasteiger partial charge in [0.05, 0.1) is 0 Å². The molecule has 0 amide bonds. The average Bonchev–Trinajstić information content (AvgIpc) is 3.77. The quantitative estimate of drug-likeness (QED) is 0.178. The summed E-state index contributed by atoms with van der Waals surface area (Å²) in [5.41, 5.74) is 10.8. The van der Waals surface area contributed by atoms with E-state index in [1.54, 1.807) is 0 Å². The van der Waals surface area contributed by atoms with Crippen molar-refractivity contribution in [3.8, 4) is 45.0 Å². The van der Waals surface area contributed by atoms with E-state index in [0.717, 1.165) is 77.3 Å². The largest absolute Gasteiger partial charge is 0.456 e. The van der Waals surface area contributed by atoms with Gasteiger partial charge >= 0.3 is 0 Å². The highest BCUT2D eigenvalue weighted by Gasteiger charge is 2.18. The van der Waals surface area contributed by atoms with Crippen molar-refractivity contribution < 1.29 is 8.83 Å². The Morgan fingerprint density at radius 3 is 1.78 bits per heavy atom. The molecular weight excluding hydrogens is 627 g/mol. The highest BCUT2D eigenvalue weighted by molar-refractivity contribution is 6.12. The van der Waals surface area contributed by atoms with Gasteiger partial charge in [0, 0.05) is 44.7 Å². The van der Waals surface area contributed by atoms with E-state index in [4.69, 9.17) is 23.8 Å². The fourth-order valence-electron chi connectivity index (χ4n) is 7.15. The van der Waals surface area contributed by atoms with Gasteiger partial charge in [-0.1, -0.05) is 140 Å². The van der Waals surface area contributed by atoms with E-state index < -0.39 is 0 Å². The molecule has 0 radical (unpaired) electrons. The van der Waals surface area contributed by atoms with Gasteiger partial charge in [-0.15, -0.1) is 0 Å². The zero-order chi connectivity index (χ0) is 33.7. The van der Waals surface area contributed by atoms with Crippen LogP contribution in [0.1, 0.15) is 11.4 Å². The number of furan rings is 2. The molecule has 0 bridgehead atoms. The van der Waals surface area contributed by atoms with Crippen molar-refractivity contribution in [3.05, 3.63) is 175 Å². The van der Waals surface area contributed by atoms with E-state index in [9.17, 15) is 0 Å². The summed E-state index contributed by atoms with van der Waals surface area (Å²) in [6, 6.07) is 56.0. The molecule has 0 saturated carbocycles. The Kier molecular flexibility index (Phi) is 6.81. The van der Waals surface area contributed by atoms with Gasteiger partial charge in [-0.3, -0.25) is 0 Å². The molecule has 10 aromatic rings. The summed E-state index contributed by atoms with van der Waals surface area (Å²) in [6.07, 6.45) is 0.507. The van der Waals surface area contributed by atoms with Gasteiger partial charge in [0.25, 0.3) is 0 Å². The maximum absolute atomic E-state index is 6.41. The summed E-state index contributed by atoms with van der Waals surface area (Å²) in [4.78, 5) is 15.0. The number of rotatable bonds is 6. The zero-order valence-corrected chi connectivity index (χ0v) is 27.5. The molecule has 51 heavy (non-hydrogen) atoms. The third-order valence-corrected chi connectivity index (χ3v) is 9.61. The van der Waals surface area contributed by atoms with Crippen LogP contribution >= 0.6 is 0 Å².